The van der Waals surface area contributed by atoms with Gasteiger partial charge < -0.3 is 18.9 Å². The Labute approximate surface area is 179 Å². The maximum atomic E-state index is 14.6. The second-order valence-electron chi connectivity index (χ2n) is 6.74. The molecular formula is C24H23FO6. The first-order valence-corrected chi connectivity index (χ1v) is 9.73. The maximum Gasteiger partial charge on any atom is 0.331 e. The molecule has 31 heavy (non-hydrogen) atoms. The molecule has 1 heterocycles. The van der Waals surface area contributed by atoms with Crippen LogP contribution in [0.3, 0.4) is 0 Å². The summed E-state index contributed by atoms with van der Waals surface area (Å²) >= 11 is 0. The topological polar surface area (TPSA) is 71.1 Å². The maximum absolute atomic E-state index is 14.6. The summed E-state index contributed by atoms with van der Waals surface area (Å²) < 4.78 is 35.4. The van der Waals surface area contributed by atoms with E-state index < -0.39 is 36.6 Å². The van der Waals surface area contributed by atoms with Gasteiger partial charge in [-0.3, -0.25) is 0 Å². The summed E-state index contributed by atoms with van der Waals surface area (Å²) in [6.45, 7) is -0.293. The fraction of sp³-hybridized carbons (Fsp3) is 0.250. The number of carbonyl (C=O) groups is 2. The predicted octanol–water partition coefficient (Wildman–Crippen LogP) is 3.58. The van der Waals surface area contributed by atoms with E-state index in [1.165, 1.54) is 19.3 Å². The monoisotopic (exact) mass is 426 g/mol. The van der Waals surface area contributed by atoms with Crippen LogP contribution in [0.2, 0.25) is 0 Å². The molecule has 1 aliphatic heterocycles. The average Bonchev–Trinajstić information content (AvgIpc) is 3.10. The Morgan fingerprint density at radius 3 is 2.03 bits per heavy atom. The predicted molar refractivity (Wildman–Crippen MR) is 112 cm³/mol. The second-order valence-corrected chi connectivity index (χ2v) is 6.74. The molecule has 0 radical (unpaired) electrons. The zero-order valence-electron chi connectivity index (χ0n) is 16.9. The number of benzene rings is 2. The quantitative estimate of drug-likeness (QED) is 0.475. The summed E-state index contributed by atoms with van der Waals surface area (Å²) in [4.78, 5) is 24.2. The van der Waals surface area contributed by atoms with Gasteiger partial charge in [-0.15, -0.1) is 0 Å². The highest BCUT2D eigenvalue weighted by atomic mass is 19.1. The minimum absolute atomic E-state index is 0.293. The fourth-order valence-corrected chi connectivity index (χ4v) is 2.99. The Hall–Kier alpha value is -3.29. The summed E-state index contributed by atoms with van der Waals surface area (Å²) in [6, 6.07) is 18.3. The van der Waals surface area contributed by atoms with Crippen molar-refractivity contribution >= 4 is 24.1 Å². The molecule has 3 rings (SSSR count). The van der Waals surface area contributed by atoms with Crippen LogP contribution in [0.4, 0.5) is 4.39 Å². The fourth-order valence-electron chi connectivity index (χ4n) is 2.99. The molecule has 4 atom stereocenters. The summed E-state index contributed by atoms with van der Waals surface area (Å²) in [7, 11) is 1.28. The normalized spacial score (nSPS) is 23.3. The lowest BCUT2D eigenvalue weighted by Gasteiger charge is -2.18. The Bertz CT molecular complexity index is 912. The number of halogens is 1. The van der Waals surface area contributed by atoms with E-state index in [9.17, 15) is 14.0 Å². The number of carbonyl (C=O) groups excluding carboxylic acids is 2. The van der Waals surface area contributed by atoms with Crippen LogP contribution in [-0.4, -0.2) is 50.3 Å². The van der Waals surface area contributed by atoms with Crippen LogP contribution in [0.15, 0.2) is 72.8 Å². The van der Waals surface area contributed by atoms with Crippen molar-refractivity contribution in [2.24, 2.45) is 0 Å². The highest BCUT2D eigenvalue weighted by Gasteiger charge is 2.48. The molecule has 0 amide bonds. The van der Waals surface area contributed by atoms with E-state index in [0.717, 1.165) is 11.1 Å². The van der Waals surface area contributed by atoms with E-state index in [4.69, 9.17) is 18.9 Å². The number of hydrogen-bond acceptors (Lipinski definition) is 6. The summed E-state index contributed by atoms with van der Waals surface area (Å²) in [6.07, 6.45) is 0.402. The van der Waals surface area contributed by atoms with Gasteiger partial charge in [0.2, 0.25) is 0 Å². The Morgan fingerprint density at radius 1 is 0.935 bits per heavy atom. The molecule has 6 nitrogen and oxygen atoms in total. The van der Waals surface area contributed by atoms with E-state index in [1.807, 2.05) is 60.7 Å². The highest BCUT2D eigenvalue weighted by molar-refractivity contribution is 5.87. The molecule has 0 saturated carbocycles. The molecule has 1 saturated heterocycles. The van der Waals surface area contributed by atoms with Crippen LogP contribution in [0, 0.1) is 0 Å². The molecule has 0 aliphatic carbocycles. The van der Waals surface area contributed by atoms with E-state index in [-0.39, 0.29) is 6.61 Å². The van der Waals surface area contributed by atoms with Crippen molar-refractivity contribution in [3.63, 3.8) is 0 Å². The summed E-state index contributed by atoms with van der Waals surface area (Å²) in [5.74, 6) is -1.37. The van der Waals surface area contributed by atoms with Crippen LogP contribution in [0.5, 0.6) is 0 Å². The van der Waals surface area contributed by atoms with Gasteiger partial charge in [-0.2, -0.15) is 0 Å². The van der Waals surface area contributed by atoms with E-state index >= 15 is 0 Å². The van der Waals surface area contributed by atoms with Crippen LogP contribution in [-0.2, 0) is 28.5 Å². The third-order valence-corrected chi connectivity index (χ3v) is 4.55. The van der Waals surface area contributed by atoms with Gasteiger partial charge in [0.15, 0.2) is 18.6 Å². The van der Waals surface area contributed by atoms with Crippen molar-refractivity contribution in [2.75, 3.05) is 13.7 Å². The number of esters is 2. The molecule has 2 aromatic rings. The largest absolute Gasteiger partial charge is 0.460 e. The van der Waals surface area contributed by atoms with Crippen LogP contribution in [0.25, 0.3) is 12.2 Å². The smallest absolute Gasteiger partial charge is 0.331 e. The standard InChI is InChI=1S/C24H23FO6/c1-28-24-22(25)23(31-21(27)15-13-18-10-6-3-7-11-18)19(30-24)16-29-20(26)14-12-17-8-4-2-5-9-17/h2-15,19,22-24H,16H2,1H3/t19-,22+,23-,24?/m1/s1. The van der Waals surface area contributed by atoms with E-state index in [0.29, 0.717) is 0 Å². The SMILES string of the molecule is COC1O[C@H](COC(=O)C=Cc2ccccc2)[C@@H](OC(=O)C=Cc2ccccc2)[C@@H]1F. The van der Waals surface area contributed by atoms with Crippen molar-refractivity contribution in [2.45, 2.75) is 24.7 Å². The van der Waals surface area contributed by atoms with Gasteiger partial charge in [0.05, 0.1) is 0 Å². The Morgan fingerprint density at radius 2 is 1.48 bits per heavy atom. The van der Waals surface area contributed by atoms with E-state index in [1.54, 1.807) is 12.2 Å². The third kappa shape index (κ3) is 6.60. The van der Waals surface area contributed by atoms with Crippen LogP contribution in [0.1, 0.15) is 11.1 Å². The molecule has 162 valence electrons. The first-order chi connectivity index (χ1) is 15.1. The van der Waals surface area contributed by atoms with Crippen molar-refractivity contribution in [1.82, 2.24) is 0 Å². The van der Waals surface area contributed by atoms with Crippen LogP contribution < -0.4 is 0 Å². The molecule has 0 spiro atoms. The molecule has 0 N–H and O–H groups in total. The van der Waals surface area contributed by atoms with Crippen LogP contribution >= 0.6 is 0 Å². The van der Waals surface area contributed by atoms with Crippen molar-refractivity contribution in [3.8, 4) is 0 Å². The Balaban J connectivity index is 1.57. The molecule has 7 heteroatoms. The average molecular weight is 426 g/mol. The van der Waals surface area contributed by atoms with Crippen molar-refractivity contribution in [1.29, 1.82) is 0 Å². The summed E-state index contributed by atoms with van der Waals surface area (Å²) in [5, 5.41) is 0. The number of methoxy groups -OCH3 is 1. The first kappa shape index (κ1) is 22.4. The molecule has 1 fully saturated rings. The lowest BCUT2D eigenvalue weighted by atomic mass is 10.1. The summed E-state index contributed by atoms with van der Waals surface area (Å²) in [5.41, 5.74) is 1.63. The van der Waals surface area contributed by atoms with Gasteiger partial charge in [0.1, 0.15) is 12.7 Å². The van der Waals surface area contributed by atoms with Gasteiger partial charge in [-0.05, 0) is 23.3 Å². The number of alkyl halides is 1. The zero-order valence-corrected chi connectivity index (χ0v) is 16.9. The van der Waals surface area contributed by atoms with Gasteiger partial charge in [0.25, 0.3) is 0 Å². The lowest BCUT2D eigenvalue weighted by molar-refractivity contribution is -0.160. The number of rotatable bonds is 8. The number of hydrogen-bond donors (Lipinski definition) is 0. The Kier molecular flexibility index (Phi) is 8.09. The lowest BCUT2D eigenvalue weighted by Crippen LogP contribution is -2.37. The molecule has 1 unspecified atom stereocenters. The third-order valence-electron chi connectivity index (χ3n) is 4.55. The van der Waals surface area contributed by atoms with Gasteiger partial charge >= 0.3 is 11.9 Å². The van der Waals surface area contributed by atoms with Gasteiger partial charge in [0, 0.05) is 19.3 Å². The molecule has 2 aromatic carbocycles. The van der Waals surface area contributed by atoms with Crippen molar-refractivity contribution in [3.05, 3.63) is 83.9 Å². The minimum Gasteiger partial charge on any atom is -0.460 e. The molecule has 0 bridgehead atoms. The molecule has 1 aliphatic rings. The van der Waals surface area contributed by atoms with Gasteiger partial charge in [-0.25, -0.2) is 14.0 Å². The number of ether oxygens (including phenoxy) is 4. The van der Waals surface area contributed by atoms with Crippen molar-refractivity contribution < 1.29 is 32.9 Å². The molecular weight excluding hydrogens is 403 g/mol. The minimum atomic E-state index is -1.72. The zero-order chi connectivity index (χ0) is 22.1. The first-order valence-electron chi connectivity index (χ1n) is 9.73. The molecule has 0 aromatic heterocycles. The second kappa shape index (κ2) is 11.2. The highest BCUT2D eigenvalue weighted by Crippen LogP contribution is 2.28. The van der Waals surface area contributed by atoms with E-state index in [2.05, 4.69) is 0 Å². The van der Waals surface area contributed by atoms with Gasteiger partial charge in [-0.1, -0.05) is 60.7 Å².